The van der Waals surface area contributed by atoms with Gasteiger partial charge in [0.1, 0.15) is 5.41 Å². The number of hydrogen-bond donors (Lipinski definition) is 0. The lowest BCUT2D eigenvalue weighted by atomic mass is 10.0. The molecule has 1 aliphatic heterocycles. The van der Waals surface area contributed by atoms with E-state index in [1.165, 1.54) is 0 Å². The third-order valence-corrected chi connectivity index (χ3v) is 7.46. The van der Waals surface area contributed by atoms with Crippen molar-refractivity contribution < 1.29 is 22.6 Å². The third kappa shape index (κ3) is 2.76. The van der Waals surface area contributed by atoms with E-state index in [0.29, 0.717) is 18.1 Å². The maximum atomic E-state index is 13.3. The van der Waals surface area contributed by atoms with Crippen molar-refractivity contribution in [3.8, 4) is 17.6 Å². The minimum atomic E-state index is -3.70. The fraction of sp³-hybridized carbons (Fsp3) is 0.350. The zero-order valence-corrected chi connectivity index (χ0v) is 15.6. The van der Waals surface area contributed by atoms with E-state index in [-0.39, 0.29) is 18.3 Å². The zero-order chi connectivity index (χ0) is 19.1. The maximum Gasteiger partial charge on any atom is 0.231 e. The zero-order valence-electron chi connectivity index (χ0n) is 14.8. The van der Waals surface area contributed by atoms with E-state index >= 15 is 0 Å². The fourth-order valence-electron chi connectivity index (χ4n) is 3.80. The molecule has 2 aromatic carbocycles. The highest BCUT2D eigenvalue weighted by atomic mass is 32.2. The van der Waals surface area contributed by atoms with E-state index in [4.69, 9.17) is 14.2 Å². The Balaban J connectivity index is 1.77. The summed E-state index contributed by atoms with van der Waals surface area (Å²) in [4.78, 5) is 0.217. The molecule has 0 bridgehead atoms. The highest BCUT2D eigenvalue weighted by Crippen LogP contribution is 2.64. The summed E-state index contributed by atoms with van der Waals surface area (Å²) in [7, 11) is -3.70. The van der Waals surface area contributed by atoms with Gasteiger partial charge in [-0.2, -0.15) is 5.26 Å². The highest BCUT2D eigenvalue weighted by molar-refractivity contribution is 7.92. The summed E-state index contributed by atoms with van der Waals surface area (Å²) < 4.78 is 42.8. The predicted octanol–water partition coefficient (Wildman–Crippen LogP) is 2.90. The van der Waals surface area contributed by atoms with Crippen molar-refractivity contribution in [2.45, 2.75) is 23.0 Å². The summed E-state index contributed by atoms with van der Waals surface area (Å²) in [6.45, 7) is 2.44. The molecule has 140 valence electrons. The van der Waals surface area contributed by atoms with Crippen molar-refractivity contribution in [1.82, 2.24) is 0 Å². The van der Waals surface area contributed by atoms with Crippen molar-refractivity contribution >= 4 is 9.84 Å². The Morgan fingerprint density at radius 2 is 1.93 bits per heavy atom. The average molecular weight is 385 g/mol. The maximum absolute atomic E-state index is 13.3. The Morgan fingerprint density at radius 1 is 1.19 bits per heavy atom. The van der Waals surface area contributed by atoms with Crippen LogP contribution >= 0.6 is 0 Å². The second kappa shape index (κ2) is 6.55. The summed E-state index contributed by atoms with van der Waals surface area (Å²) in [6, 6.07) is 15.8. The van der Waals surface area contributed by atoms with E-state index in [1.807, 2.05) is 6.92 Å². The number of hydrogen-bond acceptors (Lipinski definition) is 6. The van der Waals surface area contributed by atoms with Gasteiger partial charge in [-0.15, -0.1) is 0 Å². The Bertz CT molecular complexity index is 999. The summed E-state index contributed by atoms with van der Waals surface area (Å²) >= 11 is 0. The molecule has 3 atom stereocenters. The lowest BCUT2D eigenvalue weighted by Gasteiger charge is -2.10. The van der Waals surface area contributed by atoms with Gasteiger partial charge in [0.25, 0.3) is 0 Å². The second-order valence-electron chi connectivity index (χ2n) is 6.66. The minimum Gasteiger partial charge on any atom is -0.454 e. The van der Waals surface area contributed by atoms with Crippen LogP contribution < -0.4 is 9.47 Å². The molecule has 1 saturated carbocycles. The lowest BCUT2D eigenvalue weighted by molar-refractivity contribution is 0.117. The van der Waals surface area contributed by atoms with Crippen LogP contribution in [0.3, 0.4) is 0 Å². The van der Waals surface area contributed by atoms with Crippen LogP contribution in [-0.4, -0.2) is 33.7 Å². The number of nitrogens with zero attached hydrogens (tertiary/aromatic N) is 1. The van der Waals surface area contributed by atoms with E-state index in [0.717, 1.165) is 5.56 Å². The van der Waals surface area contributed by atoms with Gasteiger partial charge in [-0.1, -0.05) is 24.3 Å². The molecule has 0 N–H and O–H groups in total. The van der Waals surface area contributed by atoms with Gasteiger partial charge in [0.05, 0.1) is 22.8 Å². The van der Waals surface area contributed by atoms with Crippen LogP contribution in [0.1, 0.15) is 18.4 Å². The molecule has 1 heterocycles. The first-order valence-electron chi connectivity index (χ1n) is 8.72. The van der Waals surface area contributed by atoms with Crippen LogP contribution in [0.5, 0.6) is 11.5 Å². The summed E-state index contributed by atoms with van der Waals surface area (Å²) in [5, 5.41) is 9.07. The Kier molecular flexibility index (Phi) is 4.33. The molecular formula is C20H19NO5S. The molecule has 2 aliphatic rings. The van der Waals surface area contributed by atoms with Gasteiger partial charge >= 0.3 is 0 Å². The molecule has 0 saturated heterocycles. The number of nitriles is 1. The summed E-state index contributed by atoms with van der Waals surface area (Å²) in [5.74, 6) is 0.696. The first kappa shape index (κ1) is 17.8. The number of rotatable bonds is 6. The van der Waals surface area contributed by atoms with E-state index in [2.05, 4.69) is 6.07 Å². The van der Waals surface area contributed by atoms with Crippen LogP contribution in [0.2, 0.25) is 0 Å². The lowest BCUT2D eigenvalue weighted by Crippen LogP contribution is -2.19. The van der Waals surface area contributed by atoms with Crippen LogP contribution in [-0.2, 0) is 14.6 Å². The van der Waals surface area contributed by atoms with Gasteiger partial charge in [0.15, 0.2) is 21.3 Å². The topological polar surface area (TPSA) is 85.6 Å². The molecular weight excluding hydrogens is 366 g/mol. The Morgan fingerprint density at radius 3 is 2.63 bits per heavy atom. The first-order chi connectivity index (χ1) is 13.0. The van der Waals surface area contributed by atoms with E-state index in [9.17, 15) is 13.7 Å². The highest BCUT2D eigenvalue weighted by Gasteiger charge is 2.72. The van der Waals surface area contributed by atoms with Crippen molar-refractivity contribution in [3.05, 3.63) is 54.1 Å². The molecule has 0 radical (unpaired) electrons. The number of sulfone groups is 1. The summed E-state index contributed by atoms with van der Waals surface area (Å²) in [5.41, 5.74) is -0.386. The molecule has 1 fully saturated rings. The minimum absolute atomic E-state index is 0.0653. The molecule has 2 aromatic rings. The summed E-state index contributed by atoms with van der Waals surface area (Å²) in [6.07, 6.45) is 0. The molecule has 4 rings (SSSR count). The van der Waals surface area contributed by atoms with Gasteiger partial charge < -0.3 is 14.2 Å². The Labute approximate surface area is 158 Å². The van der Waals surface area contributed by atoms with Crippen LogP contribution in [0, 0.1) is 16.7 Å². The normalized spacial score (nSPS) is 25.8. The first-order valence-corrected chi connectivity index (χ1v) is 10.3. The SMILES string of the molecule is CCOC[C@@]1(C#N)[C@@H](c2ccc3c(c2)OCO3)[C@@H]1S(=O)(=O)c1ccccc1. The smallest absolute Gasteiger partial charge is 0.231 e. The molecule has 0 amide bonds. The van der Waals surface area contributed by atoms with Gasteiger partial charge in [-0.25, -0.2) is 8.42 Å². The molecule has 6 nitrogen and oxygen atoms in total. The second-order valence-corrected chi connectivity index (χ2v) is 8.73. The number of ether oxygens (including phenoxy) is 3. The van der Waals surface area contributed by atoms with Gasteiger partial charge in [0, 0.05) is 12.5 Å². The van der Waals surface area contributed by atoms with Gasteiger partial charge in [-0.3, -0.25) is 0 Å². The quantitative estimate of drug-likeness (QED) is 0.760. The number of fused-ring (bicyclic) bond motifs is 1. The molecule has 0 unspecified atom stereocenters. The third-order valence-electron chi connectivity index (χ3n) is 5.17. The monoisotopic (exact) mass is 385 g/mol. The largest absolute Gasteiger partial charge is 0.454 e. The van der Waals surface area contributed by atoms with Crippen molar-refractivity contribution in [1.29, 1.82) is 5.26 Å². The Hall–Kier alpha value is -2.56. The van der Waals surface area contributed by atoms with Crippen molar-refractivity contribution in [2.75, 3.05) is 20.0 Å². The standard InChI is InChI=1S/C20H19NO5S/c1-2-24-12-20(11-21)18(14-8-9-16-17(10-14)26-13-25-16)19(20)27(22,23)15-6-4-3-5-7-15/h3-10,18-19H,2,12-13H2,1H3/t18-,19-,20-/m0/s1. The van der Waals surface area contributed by atoms with Crippen molar-refractivity contribution in [2.24, 2.45) is 5.41 Å². The van der Waals surface area contributed by atoms with Gasteiger partial charge in [-0.05, 0) is 36.8 Å². The van der Waals surface area contributed by atoms with Crippen LogP contribution in [0.25, 0.3) is 0 Å². The predicted molar refractivity (Wildman–Crippen MR) is 97.3 cm³/mol. The average Bonchev–Trinajstić information content (AvgIpc) is 3.15. The van der Waals surface area contributed by atoms with E-state index in [1.54, 1.807) is 48.5 Å². The van der Waals surface area contributed by atoms with E-state index < -0.39 is 26.4 Å². The molecule has 27 heavy (non-hydrogen) atoms. The molecule has 7 heteroatoms. The van der Waals surface area contributed by atoms with Crippen LogP contribution in [0.4, 0.5) is 0 Å². The van der Waals surface area contributed by atoms with Crippen molar-refractivity contribution in [3.63, 3.8) is 0 Å². The van der Waals surface area contributed by atoms with Crippen LogP contribution in [0.15, 0.2) is 53.4 Å². The molecule has 0 spiro atoms. The molecule has 1 aliphatic carbocycles. The molecule has 0 aromatic heterocycles. The fourth-order valence-corrected chi connectivity index (χ4v) is 6.14. The number of benzene rings is 2. The van der Waals surface area contributed by atoms with Gasteiger partial charge in [0.2, 0.25) is 6.79 Å².